The summed E-state index contributed by atoms with van der Waals surface area (Å²) in [6, 6.07) is 5.48. The fourth-order valence-electron chi connectivity index (χ4n) is 2.30. The van der Waals surface area contributed by atoms with Crippen molar-refractivity contribution in [1.29, 1.82) is 0 Å². The molecule has 2 aromatic rings. The smallest absolute Gasteiger partial charge is 0.412 e. The van der Waals surface area contributed by atoms with Crippen LogP contribution in [0.3, 0.4) is 0 Å². The maximum atomic E-state index is 12.1. The SMILES string of the molecule is C=C(C)OC(=O)N[C@@H](Cc1ccc(NS(=O)(=O)O)cc1)c1csc(OC(=O)C(=C)C)n1. The summed E-state index contributed by atoms with van der Waals surface area (Å²) in [5.74, 6) is -0.416. The van der Waals surface area contributed by atoms with E-state index in [1.54, 1.807) is 17.5 Å². The minimum absolute atomic E-state index is 0.0933. The van der Waals surface area contributed by atoms with Gasteiger partial charge >= 0.3 is 22.4 Å². The Morgan fingerprint density at radius 3 is 2.42 bits per heavy atom. The van der Waals surface area contributed by atoms with Gasteiger partial charge in [0.05, 0.1) is 23.2 Å². The van der Waals surface area contributed by atoms with Gasteiger partial charge in [0.1, 0.15) is 0 Å². The lowest BCUT2D eigenvalue weighted by atomic mass is 10.0. The van der Waals surface area contributed by atoms with Crippen molar-refractivity contribution in [2.75, 3.05) is 4.72 Å². The zero-order valence-electron chi connectivity index (χ0n) is 16.7. The van der Waals surface area contributed by atoms with Gasteiger partial charge in [0, 0.05) is 11.0 Å². The van der Waals surface area contributed by atoms with E-state index in [2.05, 4.69) is 23.5 Å². The van der Waals surface area contributed by atoms with Crippen molar-refractivity contribution in [2.24, 2.45) is 0 Å². The molecule has 0 saturated heterocycles. The molecule has 10 nitrogen and oxygen atoms in total. The number of aromatic nitrogens is 1. The van der Waals surface area contributed by atoms with Crippen LogP contribution >= 0.6 is 11.3 Å². The van der Waals surface area contributed by atoms with E-state index in [1.165, 1.54) is 26.0 Å². The van der Waals surface area contributed by atoms with Gasteiger partial charge in [-0.15, -0.1) is 0 Å². The van der Waals surface area contributed by atoms with Crippen LogP contribution in [0.2, 0.25) is 0 Å². The van der Waals surface area contributed by atoms with Crippen molar-refractivity contribution in [3.63, 3.8) is 0 Å². The monoisotopic (exact) mass is 467 g/mol. The van der Waals surface area contributed by atoms with Crippen molar-refractivity contribution in [1.82, 2.24) is 10.3 Å². The van der Waals surface area contributed by atoms with E-state index < -0.39 is 28.4 Å². The molecular formula is C19H21N3O7S2. The van der Waals surface area contributed by atoms with Gasteiger partial charge in [-0.05, 0) is 38.0 Å². The number of nitrogens with zero attached hydrogens (tertiary/aromatic N) is 1. The summed E-state index contributed by atoms with van der Waals surface area (Å²) in [5, 5.41) is 4.39. The molecule has 166 valence electrons. The molecule has 1 aromatic carbocycles. The molecule has 1 aromatic heterocycles. The van der Waals surface area contributed by atoms with Crippen LogP contribution in [-0.2, 0) is 26.3 Å². The van der Waals surface area contributed by atoms with Crippen LogP contribution in [0.4, 0.5) is 10.5 Å². The Kier molecular flexibility index (Phi) is 7.91. The number of anilines is 1. The molecule has 0 aliphatic rings. The first kappa shape index (κ1) is 24.1. The number of ether oxygens (including phenoxy) is 2. The second-order valence-electron chi connectivity index (χ2n) is 6.47. The Hall–Kier alpha value is -3.22. The zero-order chi connectivity index (χ0) is 23.2. The molecule has 0 fully saturated rings. The number of esters is 1. The molecule has 1 atom stereocenters. The summed E-state index contributed by atoms with van der Waals surface area (Å²) in [6.07, 6.45) is -0.481. The van der Waals surface area contributed by atoms with Gasteiger partial charge in [-0.3, -0.25) is 9.27 Å². The number of rotatable bonds is 9. The molecule has 2 rings (SSSR count). The predicted octanol–water partition coefficient (Wildman–Crippen LogP) is 3.38. The molecule has 0 aliphatic carbocycles. The normalized spacial score (nSPS) is 11.8. The number of amides is 1. The first-order chi connectivity index (χ1) is 14.4. The fourth-order valence-corrected chi connectivity index (χ4v) is 3.45. The first-order valence-electron chi connectivity index (χ1n) is 8.74. The van der Waals surface area contributed by atoms with Crippen LogP contribution in [0.1, 0.15) is 31.1 Å². The third kappa shape index (κ3) is 8.20. The van der Waals surface area contributed by atoms with Crippen LogP contribution in [-0.4, -0.2) is 30.0 Å². The molecule has 31 heavy (non-hydrogen) atoms. The average Bonchev–Trinajstić information content (AvgIpc) is 3.09. The molecule has 12 heteroatoms. The predicted molar refractivity (Wildman–Crippen MR) is 115 cm³/mol. The van der Waals surface area contributed by atoms with Crippen molar-refractivity contribution >= 4 is 39.4 Å². The van der Waals surface area contributed by atoms with Crippen molar-refractivity contribution < 1.29 is 32.0 Å². The number of allylic oxidation sites excluding steroid dienone is 1. The second kappa shape index (κ2) is 10.2. The number of alkyl carbamates (subject to hydrolysis) is 1. The van der Waals surface area contributed by atoms with E-state index in [4.69, 9.17) is 14.0 Å². The molecule has 1 amide bonds. The fraction of sp³-hybridized carbons (Fsp3) is 0.211. The average molecular weight is 468 g/mol. The van der Waals surface area contributed by atoms with E-state index in [-0.39, 0.29) is 28.6 Å². The number of thiazole rings is 1. The highest BCUT2D eigenvalue weighted by atomic mass is 32.2. The molecule has 0 radical (unpaired) electrons. The molecule has 0 aliphatic heterocycles. The third-order valence-electron chi connectivity index (χ3n) is 3.59. The lowest BCUT2D eigenvalue weighted by Crippen LogP contribution is -2.30. The molecule has 0 bridgehead atoms. The van der Waals surface area contributed by atoms with E-state index in [0.29, 0.717) is 5.69 Å². The Balaban J connectivity index is 2.22. The van der Waals surface area contributed by atoms with Gasteiger partial charge in [0.2, 0.25) is 0 Å². The Labute approximate surface area is 183 Å². The highest BCUT2D eigenvalue weighted by Crippen LogP contribution is 2.26. The molecule has 3 N–H and O–H groups in total. The number of carbonyl (C=O) groups is 2. The minimum Gasteiger partial charge on any atom is -0.416 e. The van der Waals surface area contributed by atoms with Gasteiger partial charge in [-0.25, -0.2) is 14.6 Å². The van der Waals surface area contributed by atoms with E-state index in [9.17, 15) is 18.0 Å². The minimum atomic E-state index is -4.38. The second-order valence-corrected chi connectivity index (χ2v) is 8.45. The summed E-state index contributed by atoms with van der Waals surface area (Å²) < 4.78 is 42.7. The standard InChI is InChI=1S/C19H21N3O7S2/c1-11(2)17(23)29-19-21-16(10-30-19)15(20-18(24)28-12(3)4)9-13-5-7-14(8-6-13)22-31(25,26)27/h5-8,10,15,22H,1,3,9H2,2,4H3,(H,20,24)(H,25,26,27)/t15-/m0/s1. The topological polar surface area (TPSA) is 144 Å². The molecule has 1 heterocycles. The highest BCUT2D eigenvalue weighted by Gasteiger charge is 2.21. The number of carbonyl (C=O) groups excluding carboxylic acids is 2. The summed E-state index contributed by atoms with van der Waals surface area (Å²) in [6.45, 7) is 10.1. The summed E-state index contributed by atoms with van der Waals surface area (Å²) in [5.41, 5.74) is 1.53. The van der Waals surface area contributed by atoms with Crippen molar-refractivity contribution in [3.05, 3.63) is 65.4 Å². The quantitative estimate of drug-likeness (QED) is 0.220. The van der Waals surface area contributed by atoms with Crippen molar-refractivity contribution in [3.8, 4) is 5.19 Å². The van der Waals surface area contributed by atoms with Gasteiger partial charge in [-0.2, -0.15) is 8.42 Å². The number of hydrogen-bond acceptors (Lipinski definition) is 8. The van der Waals surface area contributed by atoms with E-state index >= 15 is 0 Å². The lowest BCUT2D eigenvalue weighted by molar-refractivity contribution is -0.130. The van der Waals surface area contributed by atoms with Crippen LogP contribution in [0.25, 0.3) is 0 Å². The maximum absolute atomic E-state index is 12.1. The Morgan fingerprint density at radius 1 is 1.23 bits per heavy atom. The Morgan fingerprint density at radius 2 is 1.87 bits per heavy atom. The van der Waals surface area contributed by atoms with Crippen molar-refractivity contribution in [2.45, 2.75) is 26.3 Å². The van der Waals surface area contributed by atoms with Crippen LogP contribution in [0.15, 0.2) is 54.1 Å². The molecule has 0 unspecified atom stereocenters. The largest absolute Gasteiger partial charge is 0.416 e. The zero-order valence-corrected chi connectivity index (χ0v) is 18.4. The Bertz CT molecular complexity index is 1090. The lowest BCUT2D eigenvalue weighted by Gasteiger charge is -2.17. The van der Waals surface area contributed by atoms with Crippen LogP contribution < -0.4 is 14.8 Å². The molecule has 0 spiro atoms. The van der Waals surface area contributed by atoms with Crippen LogP contribution in [0, 0.1) is 0 Å². The van der Waals surface area contributed by atoms with Crippen LogP contribution in [0.5, 0.6) is 5.19 Å². The summed E-state index contributed by atoms with van der Waals surface area (Å²) in [7, 11) is -4.38. The summed E-state index contributed by atoms with van der Waals surface area (Å²) in [4.78, 5) is 28.0. The first-order valence-corrected chi connectivity index (χ1v) is 11.1. The van der Waals surface area contributed by atoms with Gasteiger partial charge in [0.15, 0.2) is 0 Å². The van der Waals surface area contributed by atoms with E-state index in [1.807, 2.05) is 4.72 Å². The maximum Gasteiger partial charge on any atom is 0.412 e. The van der Waals surface area contributed by atoms with Gasteiger partial charge < -0.3 is 14.8 Å². The third-order valence-corrected chi connectivity index (χ3v) is 4.82. The molecule has 0 saturated carbocycles. The number of nitrogens with one attached hydrogen (secondary N) is 2. The summed E-state index contributed by atoms with van der Waals surface area (Å²) >= 11 is 1.07. The van der Waals surface area contributed by atoms with Gasteiger partial charge in [-0.1, -0.05) is 36.6 Å². The van der Waals surface area contributed by atoms with Gasteiger partial charge in [0.25, 0.3) is 5.19 Å². The highest BCUT2D eigenvalue weighted by molar-refractivity contribution is 7.87. The molecular weight excluding hydrogens is 446 g/mol. The van der Waals surface area contributed by atoms with E-state index in [0.717, 1.165) is 16.9 Å². The number of hydrogen-bond donors (Lipinski definition) is 3. The number of benzene rings is 1.